The highest BCUT2D eigenvalue weighted by Gasteiger charge is 2.73. The first-order valence-electron chi connectivity index (χ1n) is 10.7. The Morgan fingerprint density at radius 1 is 1.09 bits per heavy atom. The third-order valence-electron chi connectivity index (χ3n) is 6.95. The van der Waals surface area contributed by atoms with Gasteiger partial charge in [-0.05, 0) is 29.8 Å². The van der Waals surface area contributed by atoms with Gasteiger partial charge in [-0.3, -0.25) is 24.1 Å². The second-order valence-corrected chi connectivity index (χ2v) is 8.47. The van der Waals surface area contributed by atoms with Crippen molar-refractivity contribution in [3.63, 3.8) is 0 Å². The lowest BCUT2D eigenvalue weighted by Gasteiger charge is -2.45. The Morgan fingerprint density at radius 2 is 1.79 bits per heavy atom. The number of nitrogens with one attached hydrogen (secondary N) is 1. The van der Waals surface area contributed by atoms with Gasteiger partial charge in [-0.1, -0.05) is 30.3 Å². The largest absolute Gasteiger partial charge is 0.469 e. The number of piperazine rings is 1. The molecule has 170 valence electrons. The van der Waals surface area contributed by atoms with Crippen LogP contribution in [0.1, 0.15) is 18.0 Å². The molecular weight excluding hydrogens is 429 g/mol. The van der Waals surface area contributed by atoms with Crippen LogP contribution in [0.4, 0.5) is 10.1 Å². The first-order chi connectivity index (χ1) is 15.9. The lowest BCUT2D eigenvalue weighted by Crippen LogP contribution is -2.67. The van der Waals surface area contributed by atoms with Crippen LogP contribution in [0.25, 0.3) is 0 Å². The average molecular weight is 451 g/mol. The van der Waals surface area contributed by atoms with Gasteiger partial charge in [0, 0.05) is 19.1 Å². The molecule has 9 heteroatoms. The van der Waals surface area contributed by atoms with Gasteiger partial charge in [0.1, 0.15) is 11.4 Å². The van der Waals surface area contributed by atoms with Gasteiger partial charge >= 0.3 is 5.97 Å². The number of ether oxygens (including phenoxy) is 1. The normalized spacial score (nSPS) is 29.0. The van der Waals surface area contributed by atoms with Gasteiger partial charge in [-0.15, -0.1) is 0 Å². The van der Waals surface area contributed by atoms with Crippen LogP contribution in [-0.4, -0.2) is 54.3 Å². The zero-order valence-corrected chi connectivity index (χ0v) is 17.9. The molecule has 3 heterocycles. The van der Waals surface area contributed by atoms with E-state index >= 15 is 0 Å². The molecule has 8 nitrogen and oxygen atoms in total. The summed E-state index contributed by atoms with van der Waals surface area (Å²) in [5, 5.41) is 2.79. The smallest absolute Gasteiger partial charge is 0.307 e. The molecule has 5 rings (SSSR count). The van der Waals surface area contributed by atoms with Crippen LogP contribution in [0, 0.1) is 17.7 Å². The highest BCUT2D eigenvalue weighted by Crippen LogP contribution is 2.57. The molecule has 0 aliphatic carbocycles. The minimum atomic E-state index is -1.57. The van der Waals surface area contributed by atoms with Crippen LogP contribution >= 0.6 is 0 Å². The van der Waals surface area contributed by atoms with Gasteiger partial charge in [0.25, 0.3) is 0 Å². The number of hydrogen-bond donors (Lipinski definition) is 1. The highest BCUT2D eigenvalue weighted by molar-refractivity contribution is 6.24. The van der Waals surface area contributed by atoms with Crippen molar-refractivity contribution in [2.24, 2.45) is 11.8 Å². The Kier molecular flexibility index (Phi) is 5.01. The summed E-state index contributed by atoms with van der Waals surface area (Å²) in [5.41, 5.74) is -0.572. The van der Waals surface area contributed by atoms with Gasteiger partial charge in [-0.25, -0.2) is 9.29 Å². The molecule has 3 saturated heterocycles. The van der Waals surface area contributed by atoms with E-state index in [4.69, 9.17) is 4.74 Å². The van der Waals surface area contributed by atoms with E-state index in [2.05, 4.69) is 5.32 Å². The second-order valence-electron chi connectivity index (χ2n) is 8.47. The minimum absolute atomic E-state index is 0.226. The highest BCUT2D eigenvalue weighted by atomic mass is 19.1. The molecule has 3 amide bonds. The summed E-state index contributed by atoms with van der Waals surface area (Å²) in [7, 11) is 1.22. The van der Waals surface area contributed by atoms with Crippen LogP contribution in [-0.2, 0) is 23.9 Å². The topological polar surface area (TPSA) is 96.0 Å². The lowest BCUT2D eigenvalue weighted by atomic mass is 9.76. The van der Waals surface area contributed by atoms with Gasteiger partial charge in [0.15, 0.2) is 0 Å². The molecule has 3 aliphatic heterocycles. The fourth-order valence-corrected chi connectivity index (χ4v) is 5.65. The molecule has 4 atom stereocenters. The van der Waals surface area contributed by atoms with Crippen LogP contribution in [0.3, 0.4) is 0 Å². The number of fused-ring (bicyclic) bond motifs is 3. The van der Waals surface area contributed by atoms with Gasteiger partial charge in [0.2, 0.25) is 17.7 Å². The second kappa shape index (κ2) is 7.77. The lowest BCUT2D eigenvalue weighted by molar-refractivity contribution is -0.154. The quantitative estimate of drug-likeness (QED) is 0.558. The number of nitrogens with zero attached hydrogens (tertiary/aromatic N) is 2. The van der Waals surface area contributed by atoms with Crippen molar-refractivity contribution < 1.29 is 28.3 Å². The van der Waals surface area contributed by atoms with E-state index in [0.717, 1.165) is 10.5 Å². The zero-order chi connectivity index (χ0) is 23.3. The van der Waals surface area contributed by atoms with E-state index in [0.29, 0.717) is 13.1 Å². The maximum Gasteiger partial charge on any atom is 0.307 e. The van der Waals surface area contributed by atoms with Gasteiger partial charge in [-0.2, -0.15) is 0 Å². The summed E-state index contributed by atoms with van der Waals surface area (Å²) in [6.45, 7) is 0.695. The number of anilines is 1. The molecule has 2 aromatic carbocycles. The number of benzene rings is 2. The van der Waals surface area contributed by atoms with Crippen LogP contribution in [0.2, 0.25) is 0 Å². The number of esters is 1. The Balaban J connectivity index is 1.70. The van der Waals surface area contributed by atoms with Crippen molar-refractivity contribution >= 4 is 29.4 Å². The summed E-state index contributed by atoms with van der Waals surface area (Å²) in [6.07, 6.45) is -0.365. The summed E-state index contributed by atoms with van der Waals surface area (Å²) < 4.78 is 18.4. The fourth-order valence-electron chi connectivity index (χ4n) is 5.65. The molecule has 0 spiro atoms. The van der Waals surface area contributed by atoms with E-state index in [1.165, 1.54) is 31.4 Å². The molecule has 3 aliphatic rings. The number of amides is 3. The number of rotatable bonds is 4. The Morgan fingerprint density at radius 3 is 2.45 bits per heavy atom. The van der Waals surface area contributed by atoms with Crippen molar-refractivity contribution in [3.8, 4) is 0 Å². The number of methoxy groups -OCH3 is 1. The monoisotopic (exact) mass is 451 g/mol. The number of carbonyl (C=O) groups is 4. The van der Waals surface area contributed by atoms with Crippen molar-refractivity contribution in [1.82, 2.24) is 10.2 Å². The van der Waals surface area contributed by atoms with E-state index < -0.39 is 52.9 Å². The summed E-state index contributed by atoms with van der Waals surface area (Å²) in [6, 6.07) is 13.7. The molecule has 0 radical (unpaired) electrons. The average Bonchev–Trinajstić information content (AvgIpc) is 3.26. The molecule has 0 unspecified atom stereocenters. The third-order valence-corrected chi connectivity index (χ3v) is 6.95. The SMILES string of the molecule is COC(=O)C[C@]12C(=O)NCCN1[C@H](c1ccccc1)[C@H]1C(=O)N(c3ccc(F)cc3)C(=O)[C@H]12. The number of imide groups is 1. The maximum absolute atomic E-state index is 13.8. The fraction of sp³-hybridized carbons (Fsp3) is 0.333. The summed E-state index contributed by atoms with van der Waals surface area (Å²) >= 11 is 0. The molecule has 1 N–H and O–H groups in total. The predicted octanol–water partition coefficient (Wildman–Crippen LogP) is 1.42. The van der Waals surface area contributed by atoms with Crippen LogP contribution < -0.4 is 10.2 Å². The van der Waals surface area contributed by atoms with E-state index in [-0.39, 0.29) is 12.1 Å². The minimum Gasteiger partial charge on any atom is -0.469 e. The number of carbonyl (C=O) groups excluding carboxylic acids is 4. The Hall–Kier alpha value is -3.59. The molecule has 3 fully saturated rings. The Bertz CT molecular complexity index is 1140. The van der Waals surface area contributed by atoms with E-state index in [9.17, 15) is 23.6 Å². The van der Waals surface area contributed by atoms with Crippen LogP contribution in [0.15, 0.2) is 54.6 Å². The molecular formula is C24H22FN3O5. The van der Waals surface area contributed by atoms with E-state index in [1.54, 1.807) is 0 Å². The third kappa shape index (κ3) is 2.99. The van der Waals surface area contributed by atoms with Crippen molar-refractivity contribution in [2.45, 2.75) is 18.0 Å². The Labute approximate surface area is 189 Å². The number of halogens is 1. The molecule has 0 aromatic heterocycles. The standard InChI is InChI=1S/C24H22FN3O5/c1-33-17(29)13-24-19-18(21(30)28(22(19)31)16-9-7-15(25)8-10-16)20(14-5-3-2-4-6-14)27(24)12-11-26-23(24)32/h2-10,18-20H,11-13H2,1H3,(H,26,32)/t18-,19-,20+,24-/m0/s1. The first-order valence-corrected chi connectivity index (χ1v) is 10.7. The zero-order valence-electron chi connectivity index (χ0n) is 17.9. The number of hydrogen-bond acceptors (Lipinski definition) is 6. The summed E-state index contributed by atoms with van der Waals surface area (Å²) in [4.78, 5) is 56.3. The molecule has 0 bridgehead atoms. The summed E-state index contributed by atoms with van der Waals surface area (Å²) in [5.74, 6) is -4.67. The molecule has 33 heavy (non-hydrogen) atoms. The van der Waals surface area contributed by atoms with Crippen LogP contribution in [0.5, 0.6) is 0 Å². The van der Waals surface area contributed by atoms with Crippen molar-refractivity contribution in [2.75, 3.05) is 25.1 Å². The predicted molar refractivity (Wildman–Crippen MR) is 114 cm³/mol. The van der Waals surface area contributed by atoms with E-state index in [1.807, 2.05) is 35.2 Å². The molecule has 2 aromatic rings. The first kappa shape index (κ1) is 21.3. The van der Waals surface area contributed by atoms with Crippen molar-refractivity contribution in [3.05, 3.63) is 66.0 Å². The van der Waals surface area contributed by atoms with Gasteiger partial charge < -0.3 is 10.1 Å². The van der Waals surface area contributed by atoms with Crippen molar-refractivity contribution in [1.29, 1.82) is 0 Å². The molecule has 0 saturated carbocycles. The maximum atomic E-state index is 13.8. The van der Waals surface area contributed by atoms with Gasteiger partial charge in [0.05, 0.1) is 31.1 Å².